The summed E-state index contributed by atoms with van der Waals surface area (Å²) in [7, 11) is -2.34. The molecule has 0 unspecified atom stereocenters. The van der Waals surface area contributed by atoms with Crippen molar-refractivity contribution in [2.24, 2.45) is 0 Å². The van der Waals surface area contributed by atoms with Crippen LogP contribution in [0.2, 0.25) is 0 Å². The summed E-state index contributed by atoms with van der Waals surface area (Å²) in [6.07, 6.45) is 5.93. The minimum atomic E-state index is -3.70. The number of hydrogen-bond acceptors (Lipinski definition) is 9. The topological polar surface area (TPSA) is 162 Å². The first-order valence-electron chi connectivity index (χ1n) is 14.5. The summed E-state index contributed by atoms with van der Waals surface area (Å²) in [5.41, 5.74) is 2.28. The van der Waals surface area contributed by atoms with Crippen LogP contribution in [0.4, 0.5) is 11.5 Å². The lowest BCUT2D eigenvalue weighted by Gasteiger charge is -2.23. The Bertz CT molecular complexity index is 1740. The number of carbonyl (C=O) groups excluding carboxylic acids is 3. The second-order valence-electron chi connectivity index (χ2n) is 10.8. The van der Waals surface area contributed by atoms with E-state index in [4.69, 9.17) is 0 Å². The van der Waals surface area contributed by atoms with E-state index < -0.39 is 33.9 Å². The number of hydrogen-bond donors (Lipinski definition) is 4. The second-order valence-corrected chi connectivity index (χ2v) is 13.6. The molecule has 3 atom stereocenters. The van der Waals surface area contributed by atoms with Gasteiger partial charge in [-0.1, -0.05) is 30.3 Å². The number of carbonyl (C=O) groups is 3. The monoisotopic (exact) mass is 663 g/mol. The highest BCUT2D eigenvalue weighted by Gasteiger charge is 2.23. The Labute approximate surface area is 272 Å². The molecule has 0 aliphatic carbocycles. The van der Waals surface area contributed by atoms with E-state index in [0.717, 1.165) is 21.7 Å². The van der Waals surface area contributed by atoms with Crippen LogP contribution in [0, 0.1) is 0 Å². The van der Waals surface area contributed by atoms with Gasteiger partial charge in [0.1, 0.15) is 0 Å². The molecule has 3 amide bonds. The molecule has 0 saturated heterocycles. The maximum absolute atomic E-state index is 13.7. The van der Waals surface area contributed by atoms with Crippen LogP contribution in [0.5, 0.6) is 0 Å². The molecular weight excluding hydrogens is 627 g/mol. The molecule has 242 valence electrons. The lowest BCUT2D eigenvalue weighted by molar-refractivity contribution is -0.117. The Hall–Kier alpha value is -4.66. The fraction of sp³-hybridized carbons (Fsp3) is 0.281. The van der Waals surface area contributed by atoms with E-state index >= 15 is 0 Å². The molecule has 0 bridgehead atoms. The van der Waals surface area contributed by atoms with Gasteiger partial charge in [-0.25, -0.2) is 13.4 Å². The predicted molar refractivity (Wildman–Crippen MR) is 179 cm³/mol. The van der Waals surface area contributed by atoms with E-state index in [1.54, 1.807) is 6.92 Å². The van der Waals surface area contributed by atoms with Gasteiger partial charge < -0.3 is 21.3 Å². The summed E-state index contributed by atoms with van der Waals surface area (Å²) in [5.74, 6) is -0.972. The number of anilines is 2. The van der Waals surface area contributed by atoms with Gasteiger partial charge in [-0.05, 0) is 66.4 Å². The third-order valence-corrected chi connectivity index (χ3v) is 9.16. The van der Waals surface area contributed by atoms with Crippen molar-refractivity contribution < 1.29 is 22.8 Å². The molecule has 46 heavy (non-hydrogen) atoms. The van der Waals surface area contributed by atoms with E-state index in [-0.39, 0.29) is 35.3 Å². The van der Waals surface area contributed by atoms with Gasteiger partial charge in [0, 0.05) is 43.2 Å². The van der Waals surface area contributed by atoms with E-state index in [9.17, 15) is 22.8 Å². The zero-order chi connectivity index (χ0) is 33.3. The highest BCUT2D eigenvalue weighted by atomic mass is 32.2. The largest absolute Gasteiger partial charge is 0.348 e. The van der Waals surface area contributed by atoms with Crippen LogP contribution in [0.25, 0.3) is 0 Å². The summed E-state index contributed by atoms with van der Waals surface area (Å²) in [6.45, 7) is 3.77. The first kappa shape index (κ1) is 34.2. The number of nitrogens with one attached hydrogen (secondary N) is 4. The molecule has 0 aliphatic rings. The smallest absolute Gasteiger partial charge is 0.251 e. The molecule has 14 heteroatoms. The highest BCUT2D eigenvalue weighted by Crippen LogP contribution is 2.22. The van der Waals surface area contributed by atoms with Gasteiger partial charge in [0.2, 0.25) is 15.9 Å². The predicted octanol–water partition coefficient (Wildman–Crippen LogP) is 3.38. The zero-order valence-electron chi connectivity index (χ0n) is 25.9. The molecule has 0 fully saturated rings. The molecular formula is C32H37N7O5S2. The molecule has 2 aromatic carbocycles. The van der Waals surface area contributed by atoms with Crippen molar-refractivity contribution in [3.8, 4) is 0 Å². The van der Waals surface area contributed by atoms with Crippen molar-refractivity contribution in [3.05, 3.63) is 106 Å². The van der Waals surface area contributed by atoms with E-state index in [1.807, 2.05) is 54.1 Å². The van der Waals surface area contributed by atoms with Crippen LogP contribution >= 0.6 is 11.3 Å². The number of amides is 3. The summed E-state index contributed by atoms with van der Waals surface area (Å²) in [5, 5.41) is 15.7. The lowest BCUT2D eigenvalue weighted by atomic mass is 10.0. The first-order chi connectivity index (χ1) is 21.9. The van der Waals surface area contributed by atoms with Gasteiger partial charge in [-0.3, -0.25) is 23.7 Å². The van der Waals surface area contributed by atoms with Crippen molar-refractivity contribution >= 4 is 50.6 Å². The molecule has 2 aromatic heterocycles. The third kappa shape index (κ3) is 9.67. The average Bonchev–Trinajstić information content (AvgIpc) is 3.56. The molecule has 4 rings (SSSR count). The molecule has 2 heterocycles. The van der Waals surface area contributed by atoms with Crippen LogP contribution in [0.15, 0.2) is 83.9 Å². The van der Waals surface area contributed by atoms with Crippen molar-refractivity contribution in [2.45, 2.75) is 38.4 Å². The summed E-state index contributed by atoms with van der Waals surface area (Å²) in [6, 6.07) is 14.2. The molecule has 4 N–H and O–H groups in total. The average molecular weight is 664 g/mol. The van der Waals surface area contributed by atoms with Gasteiger partial charge in [0.05, 0.1) is 30.2 Å². The summed E-state index contributed by atoms with van der Waals surface area (Å²) < 4.78 is 25.8. The van der Waals surface area contributed by atoms with Gasteiger partial charge in [-0.2, -0.15) is 11.3 Å². The van der Waals surface area contributed by atoms with Crippen molar-refractivity contribution in [1.29, 1.82) is 0 Å². The SMILES string of the molecule is C[C@H](NC[C@H](Cc1ccsc1)NC(=O)c1cc(C(=O)N[C@H](C)c2ccccc2)cc(N(C)S(C)(=O)=O)c1)C(=O)Nc1cnccn1. The van der Waals surface area contributed by atoms with Crippen LogP contribution in [-0.4, -0.2) is 68.0 Å². The van der Waals surface area contributed by atoms with Crippen LogP contribution in [0.1, 0.15) is 51.7 Å². The fourth-order valence-electron chi connectivity index (χ4n) is 4.50. The van der Waals surface area contributed by atoms with Gasteiger partial charge in [0.15, 0.2) is 5.82 Å². The Balaban J connectivity index is 1.54. The molecule has 4 aromatic rings. The Morgan fingerprint density at radius 1 is 0.957 bits per heavy atom. The number of benzene rings is 2. The maximum Gasteiger partial charge on any atom is 0.251 e. The van der Waals surface area contributed by atoms with Crippen LogP contribution < -0.4 is 25.6 Å². The van der Waals surface area contributed by atoms with Gasteiger partial charge >= 0.3 is 0 Å². The number of nitrogens with zero attached hydrogens (tertiary/aromatic N) is 3. The molecule has 12 nitrogen and oxygen atoms in total. The molecule has 0 radical (unpaired) electrons. The quantitative estimate of drug-likeness (QED) is 0.160. The Kier molecular flexibility index (Phi) is 11.6. The Morgan fingerprint density at radius 2 is 1.65 bits per heavy atom. The minimum absolute atomic E-state index is 0.106. The molecule has 0 saturated carbocycles. The molecule has 0 aliphatic heterocycles. The normalized spacial score (nSPS) is 13.2. The maximum atomic E-state index is 13.7. The summed E-state index contributed by atoms with van der Waals surface area (Å²) >= 11 is 1.53. The van der Waals surface area contributed by atoms with Crippen molar-refractivity contribution in [2.75, 3.05) is 29.5 Å². The van der Waals surface area contributed by atoms with Crippen LogP contribution in [-0.2, 0) is 21.2 Å². The molecule has 0 spiro atoms. The van der Waals surface area contributed by atoms with Crippen molar-refractivity contribution in [3.63, 3.8) is 0 Å². The Morgan fingerprint density at radius 3 is 2.26 bits per heavy atom. The van der Waals surface area contributed by atoms with Crippen molar-refractivity contribution in [1.82, 2.24) is 25.9 Å². The lowest BCUT2D eigenvalue weighted by Crippen LogP contribution is -2.48. The summed E-state index contributed by atoms with van der Waals surface area (Å²) in [4.78, 5) is 47.8. The van der Waals surface area contributed by atoms with Crippen LogP contribution in [0.3, 0.4) is 0 Å². The number of aromatic nitrogens is 2. The van der Waals surface area contributed by atoms with Gasteiger partial charge in [-0.15, -0.1) is 0 Å². The zero-order valence-corrected chi connectivity index (χ0v) is 27.6. The highest BCUT2D eigenvalue weighted by molar-refractivity contribution is 7.92. The standard InChI is InChI=1S/C32H37N7O5S2/c1-21(24-8-6-5-7-9-24)36-31(41)25-15-26(17-28(16-25)39(3)46(4,43)44)32(42)37-27(14-23-10-13-45-20-23)18-35-22(2)30(40)38-29-19-33-11-12-34-29/h5-13,15-17,19-22,27,35H,14,18H2,1-4H3,(H,36,41)(H,37,42)(H,34,38,40)/t21-,22+,27+/m1/s1. The first-order valence-corrected chi connectivity index (χ1v) is 17.3. The number of thiophene rings is 1. The minimum Gasteiger partial charge on any atom is -0.348 e. The van der Waals surface area contributed by atoms with E-state index in [2.05, 4.69) is 31.2 Å². The van der Waals surface area contributed by atoms with E-state index in [1.165, 1.54) is 55.2 Å². The fourth-order valence-corrected chi connectivity index (χ4v) is 5.67. The number of rotatable bonds is 14. The van der Waals surface area contributed by atoms with E-state index in [0.29, 0.717) is 12.2 Å². The van der Waals surface area contributed by atoms with Gasteiger partial charge in [0.25, 0.3) is 11.8 Å². The second kappa shape index (κ2) is 15.6. The third-order valence-electron chi connectivity index (χ3n) is 7.23. The number of sulfonamides is 1.